The Morgan fingerprint density at radius 3 is 2.36 bits per heavy atom. The Kier molecular flexibility index (Phi) is 4.39. The second kappa shape index (κ2) is 6.88. The van der Waals surface area contributed by atoms with E-state index in [4.69, 9.17) is 0 Å². The molecule has 0 unspecified atom stereocenters. The first-order valence-corrected chi connectivity index (χ1v) is 9.08. The summed E-state index contributed by atoms with van der Waals surface area (Å²) in [5.41, 5.74) is 4.30. The lowest BCUT2D eigenvalue weighted by molar-refractivity contribution is -0.121. The van der Waals surface area contributed by atoms with Crippen LogP contribution in [0.3, 0.4) is 0 Å². The lowest BCUT2D eigenvalue weighted by atomic mass is 10.1. The number of fused-ring (bicyclic) bond motifs is 1. The molecule has 3 aromatic rings. The van der Waals surface area contributed by atoms with E-state index in [-0.39, 0.29) is 30.6 Å². The highest BCUT2D eigenvalue weighted by Crippen LogP contribution is 2.26. The van der Waals surface area contributed by atoms with Gasteiger partial charge in [-0.05, 0) is 55.8 Å². The lowest BCUT2D eigenvalue weighted by Gasteiger charge is -2.14. The van der Waals surface area contributed by atoms with E-state index >= 15 is 0 Å². The molecular weight excluding hydrogens is 354 g/mol. The van der Waals surface area contributed by atoms with E-state index in [0.717, 1.165) is 22.2 Å². The van der Waals surface area contributed by atoms with Crippen molar-refractivity contribution in [3.8, 4) is 0 Å². The number of aromatic nitrogens is 1. The van der Waals surface area contributed by atoms with E-state index < -0.39 is 0 Å². The number of nitrogens with one attached hydrogen (secondary N) is 1. The lowest BCUT2D eigenvalue weighted by Crippen LogP contribution is -2.28. The fourth-order valence-electron chi connectivity index (χ4n) is 3.50. The van der Waals surface area contributed by atoms with Crippen LogP contribution in [0.2, 0.25) is 0 Å². The molecule has 140 valence electrons. The van der Waals surface area contributed by atoms with Crippen LogP contribution in [0.15, 0.2) is 48.5 Å². The zero-order chi connectivity index (χ0) is 19.8. The van der Waals surface area contributed by atoms with E-state index in [0.29, 0.717) is 16.9 Å². The third-order valence-corrected chi connectivity index (χ3v) is 4.86. The SMILES string of the molecule is Cc1cc(C)c2cccc(NC(=O)c3ccc(N4C(=O)CCC4=O)cc3)c2n1. The van der Waals surface area contributed by atoms with Crippen molar-refractivity contribution in [3.63, 3.8) is 0 Å². The molecule has 1 N–H and O–H groups in total. The molecule has 6 nitrogen and oxygen atoms in total. The molecule has 1 aliphatic heterocycles. The molecule has 0 spiro atoms. The minimum absolute atomic E-state index is 0.213. The number of anilines is 2. The zero-order valence-electron chi connectivity index (χ0n) is 15.7. The third-order valence-electron chi connectivity index (χ3n) is 4.86. The van der Waals surface area contributed by atoms with Gasteiger partial charge in [0.2, 0.25) is 11.8 Å². The van der Waals surface area contributed by atoms with Crippen molar-refractivity contribution >= 4 is 40.0 Å². The molecule has 1 aliphatic rings. The minimum Gasteiger partial charge on any atom is -0.320 e. The van der Waals surface area contributed by atoms with Crippen LogP contribution in [0.4, 0.5) is 11.4 Å². The zero-order valence-corrected chi connectivity index (χ0v) is 15.7. The van der Waals surface area contributed by atoms with Gasteiger partial charge in [0.05, 0.1) is 16.9 Å². The number of amides is 3. The second-order valence-corrected chi connectivity index (χ2v) is 6.91. The van der Waals surface area contributed by atoms with Crippen molar-refractivity contribution in [1.82, 2.24) is 4.98 Å². The molecular formula is C22H19N3O3. The summed E-state index contributed by atoms with van der Waals surface area (Å²) in [5.74, 6) is -0.705. The Morgan fingerprint density at radius 1 is 1.00 bits per heavy atom. The first kappa shape index (κ1) is 17.9. The van der Waals surface area contributed by atoms with Gasteiger partial charge in [-0.15, -0.1) is 0 Å². The molecule has 3 amide bonds. The average molecular weight is 373 g/mol. The highest BCUT2D eigenvalue weighted by molar-refractivity contribution is 6.20. The fraction of sp³-hybridized carbons (Fsp3) is 0.182. The number of rotatable bonds is 3. The molecule has 1 fully saturated rings. The predicted octanol–water partition coefficient (Wildman–Crippen LogP) is 3.76. The number of nitrogens with zero attached hydrogens (tertiary/aromatic N) is 2. The van der Waals surface area contributed by atoms with Gasteiger partial charge in [-0.25, -0.2) is 0 Å². The summed E-state index contributed by atoms with van der Waals surface area (Å²) in [5, 5.41) is 3.90. The number of pyridine rings is 1. The Bertz CT molecular complexity index is 1100. The summed E-state index contributed by atoms with van der Waals surface area (Å²) in [4.78, 5) is 42.1. The topological polar surface area (TPSA) is 79.4 Å². The number of carbonyl (C=O) groups is 3. The predicted molar refractivity (Wildman–Crippen MR) is 107 cm³/mol. The molecule has 28 heavy (non-hydrogen) atoms. The molecule has 1 saturated heterocycles. The van der Waals surface area contributed by atoms with E-state index in [9.17, 15) is 14.4 Å². The molecule has 1 aromatic heterocycles. The highest BCUT2D eigenvalue weighted by atomic mass is 16.2. The molecule has 0 bridgehead atoms. The van der Waals surface area contributed by atoms with Crippen molar-refractivity contribution in [2.75, 3.05) is 10.2 Å². The van der Waals surface area contributed by atoms with Crippen molar-refractivity contribution in [2.45, 2.75) is 26.7 Å². The summed E-state index contributed by atoms with van der Waals surface area (Å²) in [6.45, 7) is 3.94. The third kappa shape index (κ3) is 3.13. The molecule has 0 atom stereocenters. The van der Waals surface area contributed by atoms with Gasteiger partial charge < -0.3 is 5.32 Å². The number of benzene rings is 2. The molecule has 0 saturated carbocycles. The van der Waals surface area contributed by atoms with Crippen LogP contribution >= 0.6 is 0 Å². The van der Waals surface area contributed by atoms with Gasteiger partial charge in [-0.3, -0.25) is 24.3 Å². The maximum absolute atomic E-state index is 12.7. The van der Waals surface area contributed by atoms with Gasteiger partial charge in [0.25, 0.3) is 5.91 Å². The van der Waals surface area contributed by atoms with Gasteiger partial charge in [-0.2, -0.15) is 0 Å². The Morgan fingerprint density at radius 2 is 1.68 bits per heavy atom. The van der Waals surface area contributed by atoms with Gasteiger partial charge in [-0.1, -0.05) is 12.1 Å². The van der Waals surface area contributed by atoms with E-state index in [1.165, 1.54) is 4.90 Å². The molecule has 0 radical (unpaired) electrons. The maximum atomic E-state index is 12.7. The molecule has 0 aliphatic carbocycles. The van der Waals surface area contributed by atoms with Crippen LogP contribution in [-0.2, 0) is 9.59 Å². The van der Waals surface area contributed by atoms with Crippen LogP contribution in [0.1, 0.15) is 34.5 Å². The number of para-hydroxylation sites is 1. The highest BCUT2D eigenvalue weighted by Gasteiger charge is 2.30. The van der Waals surface area contributed by atoms with Gasteiger partial charge in [0, 0.05) is 29.5 Å². The monoisotopic (exact) mass is 373 g/mol. The van der Waals surface area contributed by atoms with Gasteiger partial charge in [0.15, 0.2) is 0 Å². The Hall–Kier alpha value is -3.54. The quantitative estimate of drug-likeness (QED) is 0.709. The average Bonchev–Trinajstić information content (AvgIpc) is 3.01. The number of hydrogen-bond acceptors (Lipinski definition) is 4. The van der Waals surface area contributed by atoms with Crippen LogP contribution in [-0.4, -0.2) is 22.7 Å². The Labute approximate surface area is 162 Å². The second-order valence-electron chi connectivity index (χ2n) is 6.91. The first-order valence-electron chi connectivity index (χ1n) is 9.08. The van der Waals surface area contributed by atoms with Crippen molar-refractivity contribution in [1.29, 1.82) is 0 Å². The van der Waals surface area contributed by atoms with Crippen LogP contribution in [0.25, 0.3) is 10.9 Å². The summed E-state index contributed by atoms with van der Waals surface area (Å²) >= 11 is 0. The van der Waals surface area contributed by atoms with Gasteiger partial charge in [0.1, 0.15) is 0 Å². The summed E-state index contributed by atoms with van der Waals surface area (Å²) < 4.78 is 0. The largest absolute Gasteiger partial charge is 0.320 e. The van der Waals surface area contributed by atoms with Crippen LogP contribution in [0.5, 0.6) is 0 Å². The van der Waals surface area contributed by atoms with E-state index in [1.54, 1.807) is 24.3 Å². The Balaban J connectivity index is 1.60. The number of hydrogen-bond donors (Lipinski definition) is 1. The van der Waals surface area contributed by atoms with E-state index in [2.05, 4.69) is 10.3 Å². The van der Waals surface area contributed by atoms with Crippen molar-refractivity contribution < 1.29 is 14.4 Å². The number of carbonyl (C=O) groups excluding carboxylic acids is 3. The normalized spacial score (nSPS) is 14.0. The molecule has 4 rings (SSSR count). The number of imide groups is 1. The van der Waals surface area contributed by atoms with Crippen LogP contribution < -0.4 is 10.2 Å². The summed E-state index contributed by atoms with van der Waals surface area (Å²) in [7, 11) is 0. The van der Waals surface area contributed by atoms with Gasteiger partial charge >= 0.3 is 0 Å². The molecule has 6 heteroatoms. The first-order chi connectivity index (χ1) is 13.4. The van der Waals surface area contributed by atoms with Crippen molar-refractivity contribution in [2.24, 2.45) is 0 Å². The standard InChI is InChI=1S/C22H19N3O3/c1-13-12-14(2)23-21-17(13)4-3-5-18(21)24-22(28)15-6-8-16(9-7-15)25-19(26)10-11-20(25)27/h3-9,12H,10-11H2,1-2H3,(H,24,28). The van der Waals surface area contributed by atoms with Crippen molar-refractivity contribution in [3.05, 3.63) is 65.4 Å². The summed E-state index contributed by atoms with van der Waals surface area (Å²) in [6, 6.07) is 14.1. The molecule has 2 heterocycles. The molecule has 2 aromatic carbocycles. The smallest absolute Gasteiger partial charge is 0.255 e. The van der Waals surface area contributed by atoms with Crippen LogP contribution in [0, 0.1) is 13.8 Å². The summed E-state index contributed by atoms with van der Waals surface area (Å²) in [6.07, 6.45) is 0.460. The minimum atomic E-state index is -0.279. The number of aryl methyl sites for hydroxylation is 2. The maximum Gasteiger partial charge on any atom is 0.255 e. The fourth-order valence-corrected chi connectivity index (χ4v) is 3.50. The van der Waals surface area contributed by atoms with E-state index in [1.807, 2.05) is 38.1 Å².